The monoisotopic (exact) mass is 505 g/mol. The Bertz CT molecular complexity index is 1200. The topological polar surface area (TPSA) is 91.3 Å². The molecule has 10 heteroatoms. The highest BCUT2D eigenvalue weighted by atomic mass is 19.4. The fourth-order valence-electron chi connectivity index (χ4n) is 3.83. The number of halogens is 4. The number of anilines is 1. The second-order valence-electron chi connectivity index (χ2n) is 9.03. The molecule has 1 amide bonds. The van der Waals surface area contributed by atoms with Gasteiger partial charge in [-0.2, -0.15) is 13.2 Å². The van der Waals surface area contributed by atoms with Crippen molar-refractivity contribution < 1.29 is 31.9 Å². The normalized spacial score (nSPS) is 14.8. The number of nitrogens with one attached hydrogen (secondary N) is 3. The van der Waals surface area contributed by atoms with Crippen molar-refractivity contribution >= 4 is 29.4 Å². The van der Waals surface area contributed by atoms with E-state index in [4.69, 9.17) is 10.1 Å². The molecular formula is C26H27F4N3O3. The molecule has 0 unspecified atom stereocenters. The van der Waals surface area contributed by atoms with Crippen LogP contribution in [0.15, 0.2) is 42.6 Å². The van der Waals surface area contributed by atoms with Gasteiger partial charge in [0.25, 0.3) is 0 Å². The molecule has 192 valence electrons. The second-order valence-corrected chi connectivity index (χ2v) is 9.03. The molecule has 0 aromatic heterocycles. The van der Waals surface area contributed by atoms with Crippen LogP contribution in [0.4, 0.5) is 23.2 Å². The number of ether oxygens (including phenoxy) is 1. The van der Waals surface area contributed by atoms with Gasteiger partial charge < -0.3 is 20.8 Å². The average molecular weight is 506 g/mol. The third kappa shape index (κ3) is 5.75. The summed E-state index contributed by atoms with van der Waals surface area (Å²) < 4.78 is 58.2. The third-order valence-electron chi connectivity index (χ3n) is 5.93. The molecule has 0 saturated heterocycles. The maximum Gasteiger partial charge on any atom is 0.416 e. The van der Waals surface area contributed by atoms with Gasteiger partial charge in [0.2, 0.25) is 5.91 Å². The van der Waals surface area contributed by atoms with Gasteiger partial charge in [0.15, 0.2) is 0 Å². The van der Waals surface area contributed by atoms with Gasteiger partial charge in [0.1, 0.15) is 5.82 Å². The Balaban J connectivity index is 1.89. The molecule has 1 saturated carbocycles. The summed E-state index contributed by atoms with van der Waals surface area (Å²) in [6, 6.07) is 6.61. The minimum Gasteiger partial charge on any atom is -0.465 e. The molecule has 1 aliphatic rings. The van der Waals surface area contributed by atoms with Crippen LogP contribution in [0.25, 0.3) is 5.57 Å². The van der Waals surface area contributed by atoms with Crippen molar-refractivity contribution in [3.8, 4) is 0 Å². The number of methoxy groups -OCH3 is 1. The molecule has 6 nitrogen and oxygen atoms in total. The number of carbonyl (C=O) groups is 2. The van der Waals surface area contributed by atoms with Gasteiger partial charge in [0, 0.05) is 35.8 Å². The Kier molecular flexibility index (Phi) is 7.86. The van der Waals surface area contributed by atoms with Crippen molar-refractivity contribution in [2.75, 3.05) is 19.0 Å². The van der Waals surface area contributed by atoms with Gasteiger partial charge in [-0.25, -0.2) is 9.18 Å². The molecule has 0 spiro atoms. The summed E-state index contributed by atoms with van der Waals surface area (Å²) in [5.74, 6) is -2.02. The number of rotatable bonds is 9. The van der Waals surface area contributed by atoms with Crippen molar-refractivity contribution in [2.24, 2.45) is 5.92 Å². The number of carbonyl (C=O) groups excluding carboxylic acids is 2. The highest BCUT2D eigenvalue weighted by Gasteiger charge is 2.53. The van der Waals surface area contributed by atoms with Gasteiger partial charge in [-0.1, -0.05) is 26.0 Å². The van der Waals surface area contributed by atoms with E-state index in [-0.39, 0.29) is 29.7 Å². The number of alkyl halides is 3. The zero-order chi connectivity index (χ0) is 26.7. The van der Waals surface area contributed by atoms with Gasteiger partial charge in [-0.15, -0.1) is 0 Å². The lowest BCUT2D eigenvalue weighted by molar-refractivity contribution is -0.137. The lowest BCUT2D eigenvalue weighted by Crippen LogP contribution is -2.29. The van der Waals surface area contributed by atoms with Crippen molar-refractivity contribution in [1.82, 2.24) is 5.32 Å². The first-order valence-electron chi connectivity index (χ1n) is 11.3. The van der Waals surface area contributed by atoms with E-state index in [1.54, 1.807) is 12.3 Å². The molecule has 0 bridgehead atoms. The quantitative estimate of drug-likeness (QED) is 0.237. The summed E-state index contributed by atoms with van der Waals surface area (Å²) in [6.45, 7) is 4.69. The minimum atomic E-state index is -4.70. The standard InChI is InChI=1S/C26H27F4N3O3/c1-15(2)13-32-14-16(12-31)19-6-5-18(11-20(19)23(34)36-3)33-24(35)25(8-9-25)21-7-4-17(10-22(21)27)26(28,29)30/h4-7,10-12,14-15,31-32H,8-9,13H2,1-3H3,(H,33,35)/b16-14+,31-12?. The largest absolute Gasteiger partial charge is 0.465 e. The Morgan fingerprint density at radius 3 is 2.36 bits per heavy atom. The zero-order valence-corrected chi connectivity index (χ0v) is 20.1. The Hall–Kier alpha value is -3.69. The van der Waals surface area contributed by atoms with Crippen LogP contribution < -0.4 is 10.6 Å². The molecule has 0 aliphatic heterocycles. The zero-order valence-electron chi connectivity index (χ0n) is 20.1. The van der Waals surface area contributed by atoms with E-state index in [0.29, 0.717) is 29.7 Å². The van der Waals surface area contributed by atoms with E-state index in [1.165, 1.54) is 19.2 Å². The first-order valence-corrected chi connectivity index (χ1v) is 11.3. The van der Waals surface area contributed by atoms with Crippen molar-refractivity contribution in [3.05, 3.63) is 70.7 Å². The first-order chi connectivity index (χ1) is 16.9. The van der Waals surface area contributed by atoms with Crippen LogP contribution in [0.2, 0.25) is 0 Å². The lowest BCUT2D eigenvalue weighted by atomic mass is 9.93. The number of esters is 1. The molecule has 2 aromatic carbocycles. The van der Waals surface area contributed by atoms with E-state index in [9.17, 15) is 27.2 Å². The van der Waals surface area contributed by atoms with Crippen LogP contribution >= 0.6 is 0 Å². The van der Waals surface area contributed by atoms with Gasteiger partial charge >= 0.3 is 12.1 Å². The number of allylic oxidation sites excluding steroid dienone is 1. The van der Waals surface area contributed by atoms with Crippen molar-refractivity contribution in [3.63, 3.8) is 0 Å². The van der Waals surface area contributed by atoms with E-state index in [2.05, 4.69) is 10.6 Å². The van der Waals surface area contributed by atoms with Crippen LogP contribution in [-0.2, 0) is 21.1 Å². The molecule has 36 heavy (non-hydrogen) atoms. The lowest BCUT2D eigenvalue weighted by Gasteiger charge is -2.19. The molecule has 0 radical (unpaired) electrons. The van der Waals surface area contributed by atoms with Crippen molar-refractivity contribution in [2.45, 2.75) is 38.3 Å². The van der Waals surface area contributed by atoms with E-state index in [1.807, 2.05) is 13.8 Å². The Morgan fingerprint density at radius 2 is 1.83 bits per heavy atom. The predicted octanol–water partition coefficient (Wildman–Crippen LogP) is 5.54. The number of amides is 1. The summed E-state index contributed by atoms with van der Waals surface area (Å²) in [5.41, 5.74) is -1.39. The number of benzene rings is 2. The number of hydrogen-bond donors (Lipinski definition) is 3. The summed E-state index contributed by atoms with van der Waals surface area (Å²) in [5, 5.41) is 13.5. The third-order valence-corrected chi connectivity index (χ3v) is 5.93. The van der Waals surface area contributed by atoms with Crippen LogP contribution in [0, 0.1) is 17.1 Å². The van der Waals surface area contributed by atoms with Gasteiger partial charge in [-0.3, -0.25) is 4.79 Å². The molecule has 3 rings (SSSR count). The summed E-state index contributed by atoms with van der Waals surface area (Å²) in [4.78, 5) is 25.6. The van der Waals surface area contributed by atoms with Crippen LogP contribution in [0.5, 0.6) is 0 Å². The summed E-state index contributed by atoms with van der Waals surface area (Å²) in [7, 11) is 1.20. The SMILES string of the molecule is COC(=O)c1cc(NC(=O)C2(c3ccc(C(F)(F)F)cc3F)CC2)ccc1/C(C=N)=C/NCC(C)C. The molecule has 0 atom stereocenters. The van der Waals surface area contributed by atoms with Gasteiger partial charge in [-0.05, 0) is 48.6 Å². The van der Waals surface area contributed by atoms with E-state index in [0.717, 1.165) is 18.3 Å². The predicted molar refractivity (Wildman–Crippen MR) is 128 cm³/mol. The molecule has 3 N–H and O–H groups in total. The first kappa shape index (κ1) is 26.9. The van der Waals surface area contributed by atoms with Crippen molar-refractivity contribution in [1.29, 1.82) is 5.41 Å². The molecular weight excluding hydrogens is 478 g/mol. The molecule has 2 aromatic rings. The smallest absolute Gasteiger partial charge is 0.416 e. The highest BCUT2D eigenvalue weighted by Crippen LogP contribution is 2.50. The molecule has 1 aliphatic carbocycles. The fourth-order valence-corrected chi connectivity index (χ4v) is 3.83. The van der Waals surface area contributed by atoms with Crippen LogP contribution in [-0.4, -0.2) is 31.7 Å². The summed E-state index contributed by atoms with van der Waals surface area (Å²) >= 11 is 0. The maximum atomic E-state index is 14.6. The van der Waals surface area contributed by atoms with Crippen LogP contribution in [0.3, 0.4) is 0 Å². The Labute approximate surface area is 206 Å². The maximum absolute atomic E-state index is 14.6. The number of hydrogen-bond acceptors (Lipinski definition) is 5. The van der Waals surface area contributed by atoms with Crippen LogP contribution in [0.1, 0.15) is 53.7 Å². The van der Waals surface area contributed by atoms with E-state index >= 15 is 0 Å². The second kappa shape index (κ2) is 10.5. The van der Waals surface area contributed by atoms with Gasteiger partial charge in [0.05, 0.1) is 23.7 Å². The summed E-state index contributed by atoms with van der Waals surface area (Å²) in [6.07, 6.45) is -1.46. The minimum absolute atomic E-state index is 0.0990. The average Bonchev–Trinajstić information content (AvgIpc) is 3.62. The fraction of sp³-hybridized carbons (Fsp3) is 0.346. The molecule has 1 fully saturated rings. The van der Waals surface area contributed by atoms with E-state index < -0.39 is 34.8 Å². The molecule has 0 heterocycles. The Morgan fingerprint density at radius 1 is 1.14 bits per heavy atom. The highest BCUT2D eigenvalue weighted by molar-refractivity contribution is 6.13.